The maximum atomic E-state index is 13.6. The molecule has 24 heavy (non-hydrogen) atoms. The molecule has 5 nitrogen and oxygen atoms in total. The summed E-state index contributed by atoms with van der Waals surface area (Å²) in [6, 6.07) is 10.6. The monoisotopic (exact) mass is 347 g/mol. The lowest BCUT2D eigenvalue weighted by Crippen LogP contribution is -2.06. The molecular weight excluding hydrogens is 336 g/mol. The van der Waals surface area contributed by atoms with Crippen molar-refractivity contribution in [2.45, 2.75) is 6.54 Å². The lowest BCUT2D eigenvalue weighted by molar-refractivity contribution is 0.613. The number of rotatable bonds is 5. The Bertz CT molecular complexity index is 859. The van der Waals surface area contributed by atoms with Gasteiger partial charge in [-0.2, -0.15) is 10.1 Å². The van der Waals surface area contributed by atoms with Crippen molar-refractivity contribution in [1.82, 2.24) is 15.2 Å². The molecule has 3 rings (SSSR count). The van der Waals surface area contributed by atoms with Gasteiger partial charge >= 0.3 is 0 Å². The Morgan fingerprint density at radius 2 is 1.88 bits per heavy atom. The summed E-state index contributed by atoms with van der Waals surface area (Å²) in [7, 11) is 0. The Hall–Kier alpha value is -2.80. The SMILES string of the molecule is Fc1ccc(Nc2nncc(NCc3ccccc3F)n2)cc1Cl. The van der Waals surface area contributed by atoms with E-state index in [1.54, 1.807) is 18.2 Å². The van der Waals surface area contributed by atoms with Crippen LogP contribution in [0.15, 0.2) is 48.7 Å². The van der Waals surface area contributed by atoms with Crippen LogP contribution in [0.2, 0.25) is 5.02 Å². The molecule has 0 atom stereocenters. The average molecular weight is 348 g/mol. The molecular formula is C16H12ClF2N5. The molecule has 1 heterocycles. The van der Waals surface area contributed by atoms with Crippen molar-refractivity contribution >= 4 is 29.1 Å². The predicted molar refractivity (Wildman–Crippen MR) is 88.2 cm³/mol. The molecule has 0 saturated carbocycles. The number of halogens is 3. The summed E-state index contributed by atoms with van der Waals surface area (Å²) in [5, 5.41) is 13.5. The highest BCUT2D eigenvalue weighted by Gasteiger charge is 2.05. The highest BCUT2D eigenvalue weighted by atomic mass is 35.5. The van der Waals surface area contributed by atoms with Crippen molar-refractivity contribution in [2.24, 2.45) is 0 Å². The first-order valence-electron chi connectivity index (χ1n) is 7.01. The minimum Gasteiger partial charge on any atom is -0.364 e. The summed E-state index contributed by atoms with van der Waals surface area (Å²) in [5.41, 5.74) is 1.03. The molecule has 0 radical (unpaired) electrons. The molecule has 0 fully saturated rings. The molecule has 122 valence electrons. The van der Waals surface area contributed by atoms with Crippen molar-refractivity contribution in [3.05, 3.63) is 70.9 Å². The number of benzene rings is 2. The average Bonchev–Trinajstić information content (AvgIpc) is 2.58. The molecule has 2 N–H and O–H groups in total. The first kappa shape index (κ1) is 16.1. The molecule has 0 bridgehead atoms. The summed E-state index contributed by atoms with van der Waals surface area (Å²) in [6.07, 6.45) is 1.42. The van der Waals surface area contributed by atoms with Crippen LogP contribution in [0.5, 0.6) is 0 Å². The van der Waals surface area contributed by atoms with Crippen LogP contribution in [-0.2, 0) is 6.54 Å². The first-order valence-corrected chi connectivity index (χ1v) is 7.39. The topological polar surface area (TPSA) is 62.7 Å². The van der Waals surface area contributed by atoms with Gasteiger partial charge < -0.3 is 10.6 Å². The van der Waals surface area contributed by atoms with E-state index in [0.29, 0.717) is 17.1 Å². The zero-order valence-electron chi connectivity index (χ0n) is 12.3. The van der Waals surface area contributed by atoms with Crippen LogP contribution in [0.3, 0.4) is 0 Å². The van der Waals surface area contributed by atoms with E-state index in [1.807, 2.05) is 0 Å². The van der Waals surface area contributed by atoms with Crippen LogP contribution in [0.1, 0.15) is 5.56 Å². The molecule has 8 heteroatoms. The van der Waals surface area contributed by atoms with Crippen LogP contribution in [0.25, 0.3) is 0 Å². The third-order valence-electron chi connectivity index (χ3n) is 3.15. The summed E-state index contributed by atoms with van der Waals surface area (Å²) in [4.78, 5) is 4.21. The second-order valence-electron chi connectivity index (χ2n) is 4.86. The van der Waals surface area contributed by atoms with E-state index in [4.69, 9.17) is 11.6 Å². The molecule has 0 saturated heterocycles. The summed E-state index contributed by atoms with van der Waals surface area (Å²) >= 11 is 5.72. The second kappa shape index (κ2) is 7.18. The molecule has 0 unspecified atom stereocenters. The van der Waals surface area contributed by atoms with Crippen LogP contribution in [-0.4, -0.2) is 15.2 Å². The molecule has 0 aliphatic rings. The summed E-state index contributed by atoms with van der Waals surface area (Å²) in [5.74, 6) is -0.187. The van der Waals surface area contributed by atoms with Gasteiger partial charge in [0.05, 0.1) is 11.2 Å². The van der Waals surface area contributed by atoms with E-state index in [1.165, 1.54) is 30.5 Å². The van der Waals surface area contributed by atoms with Gasteiger partial charge in [0.15, 0.2) is 5.82 Å². The predicted octanol–water partition coefficient (Wildman–Crippen LogP) is 4.16. The summed E-state index contributed by atoms with van der Waals surface area (Å²) in [6.45, 7) is 0.257. The van der Waals surface area contributed by atoms with Crippen LogP contribution >= 0.6 is 11.6 Å². The van der Waals surface area contributed by atoms with Crippen molar-refractivity contribution in [2.75, 3.05) is 10.6 Å². The van der Waals surface area contributed by atoms with Gasteiger partial charge in [-0.15, -0.1) is 5.10 Å². The van der Waals surface area contributed by atoms with Crippen molar-refractivity contribution < 1.29 is 8.78 Å². The smallest absolute Gasteiger partial charge is 0.249 e. The van der Waals surface area contributed by atoms with Crippen molar-refractivity contribution in [1.29, 1.82) is 0 Å². The van der Waals surface area contributed by atoms with Gasteiger partial charge in [-0.1, -0.05) is 29.8 Å². The van der Waals surface area contributed by atoms with Gasteiger partial charge in [-0.3, -0.25) is 0 Å². The van der Waals surface area contributed by atoms with Gasteiger partial charge in [0.2, 0.25) is 5.95 Å². The highest BCUT2D eigenvalue weighted by molar-refractivity contribution is 6.31. The molecule has 0 aliphatic heterocycles. The quantitative estimate of drug-likeness (QED) is 0.725. The lowest BCUT2D eigenvalue weighted by Gasteiger charge is -2.08. The zero-order chi connectivity index (χ0) is 16.9. The third kappa shape index (κ3) is 3.94. The Kier molecular flexibility index (Phi) is 4.81. The fourth-order valence-electron chi connectivity index (χ4n) is 1.97. The van der Waals surface area contributed by atoms with Gasteiger partial charge in [-0.25, -0.2) is 8.78 Å². The van der Waals surface area contributed by atoms with Crippen LogP contribution in [0.4, 0.5) is 26.2 Å². The largest absolute Gasteiger partial charge is 0.364 e. The molecule has 1 aromatic heterocycles. The van der Waals surface area contributed by atoms with E-state index in [9.17, 15) is 8.78 Å². The van der Waals surface area contributed by atoms with Crippen molar-refractivity contribution in [3.63, 3.8) is 0 Å². The molecule has 0 aliphatic carbocycles. The van der Waals surface area contributed by atoms with Gasteiger partial charge in [0.25, 0.3) is 0 Å². The Morgan fingerprint density at radius 1 is 1.04 bits per heavy atom. The van der Waals surface area contributed by atoms with Gasteiger partial charge in [0.1, 0.15) is 11.6 Å². The van der Waals surface area contributed by atoms with Crippen LogP contribution < -0.4 is 10.6 Å². The van der Waals surface area contributed by atoms with Crippen LogP contribution in [0, 0.1) is 11.6 Å². The number of nitrogens with one attached hydrogen (secondary N) is 2. The minimum absolute atomic E-state index is 0.0122. The van der Waals surface area contributed by atoms with E-state index < -0.39 is 5.82 Å². The van der Waals surface area contributed by atoms with E-state index in [2.05, 4.69) is 25.8 Å². The fourth-order valence-corrected chi connectivity index (χ4v) is 2.15. The molecule has 0 amide bonds. The van der Waals surface area contributed by atoms with Gasteiger partial charge in [0, 0.05) is 17.8 Å². The van der Waals surface area contributed by atoms with E-state index in [0.717, 1.165) is 0 Å². The molecule has 3 aromatic rings. The van der Waals surface area contributed by atoms with E-state index >= 15 is 0 Å². The maximum Gasteiger partial charge on any atom is 0.249 e. The zero-order valence-corrected chi connectivity index (χ0v) is 13.1. The number of hydrogen-bond acceptors (Lipinski definition) is 5. The first-order chi connectivity index (χ1) is 11.6. The summed E-state index contributed by atoms with van der Waals surface area (Å²) < 4.78 is 26.7. The number of anilines is 3. The number of nitrogens with zero attached hydrogens (tertiary/aromatic N) is 3. The molecule has 2 aromatic carbocycles. The normalized spacial score (nSPS) is 10.5. The van der Waals surface area contributed by atoms with E-state index in [-0.39, 0.29) is 23.3 Å². The molecule has 0 spiro atoms. The second-order valence-corrected chi connectivity index (χ2v) is 5.27. The Morgan fingerprint density at radius 3 is 2.67 bits per heavy atom. The third-order valence-corrected chi connectivity index (χ3v) is 3.44. The number of aromatic nitrogens is 3. The maximum absolute atomic E-state index is 13.6. The highest BCUT2D eigenvalue weighted by Crippen LogP contribution is 2.21. The Balaban J connectivity index is 1.69. The Labute approximate surface area is 141 Å². The fraction of sp³-hybridized carbons (Fsp3) is 0.0625. The standard InChI is InChI=1S/C16H12ClF2N5/c17-12-7-11(5-6-14(12)19)22-16-23-15(9-21-24-16)20-8-10-3-1-2-4-13(10)18/h1-7,9H,8H2,(H2,20,22,23,24). The van der Waals surface area contributed by atoms with Gasteiger partial charge in [-0.05, 0) is 24.3 Å². The number of hydrogen-bond donors (Lipinski definition) is 2. The lowest BCUT2D eigenvalue weighted by atomic mass is 10.2. The van der Waals surface area contributed by atoms with Crippen molar-refractivity contribution in [3.8, 4) is 0 Å². The minimum atomic E-state index is -0.512.